The summed E-state index contributed by atoms with van der Waals surface area (Å²) >= 11 is 0. The molecule has 0 heterocycles. The first-order valence-electron chi connectivity index (χ1n) is 7.62. The molecule has 0 fully saturated rings. The van der Waals surface area contributed by atoms with Crippen LogP contribution in [0.25, 0.3) is 0 Å². The summed E-state index contributed by atoms with van der Waals surface area (Å²) < 4.78 is 10.9. The van der Waals surface area contributed by atoms with Crippen molar-refractivity contribution in [1.29, 1.82) is 0 Å². The third-order valence-corrected chi connectivity index (χ3v) is 3.52. The lowest BCUT2D eigenvalue weighted by molar-refractivity contribution is -0.148. The van der Waals surface area contributed by atoms with Crippen molar-refractivity contribution in [2.45, 2.75) is 33.1 Å². The molecule has 2 unspecified atom stereocenters. The fourth-order valence-electron chi connectivity index (χ4n) is 2.44. The second-order valence-electron chi connectivity index (χ2n) is 5.65. The van der Waals surface area contributed by atoms with Crippen molar-refractivity contribution >= 4 is 5.91 Å². The van der Waals surface area contributed by atoms with Gasteiger partial charge in [0.25, 0.3) is 12.2 Å². The highest BCUT2D eigenvalue weighted by Crippen LogP contribution is 2.18. The average Bonchev–Trinajstić information content (AvgIpc) is 2.52. The van der Waals surface area contributed by atoms with Gasteiger partial charge in [-0.05, 0) is 49.6 Å². The molecule has 0 bridgehead atoms. The lowest BCUT2D eigenvalue weighted by Gasteiger charge is -2.21. The zero-order valence-electron chi connectivity index (χ0n) is 14.0. The summed E-state index contributed by atoms with van der Waals surface area (Å²) in [7, 11) is 1.46. The lowest BCUT2D eigenvalue weighted by atomic mass is 10.1. The predicted octanol–water partition coefficient (Wildman–Crippen LogP) is 3.53. The summed E-state index contributed by atoms with van der Waals surface area (Å²) in [5, 5.41) is 2.91. The van der Waals surface area contributed by atoms with Gasteiger partial charge in [-0.3, -0.25) is 4.79 Å². The molecule has 2 aromatic rings. The molecule has 1 N–H and O–H groups in total. The second kappa shape index (κ2) is 7.79. The number of benzene rings is 2. The molecule has 2 aromatic carbocycles. The number of ether oxygens (including phenoxy) is 2. The predicted molar refractivity (Wildman–Crippen MR) is 90.3 cm³/mol. The summed E-state index contributed by atoms with van der Waals surface area (Å²) in [5.74, 6) is 0.319. The molecule has 122 valence electrons. The van der Waals surface area contributed by atoms with Crippen LogP contribution in [-0.2, 0) is 9.53 Å². The average molecular weight is 313 g/mol. The largest absolute Gasteiger partial charge is 0.455 e. The Balaban J connectivity index is 2.03. The van der Waals surface area contributed by atoms with Crippen LogP contribution in [0.2, 0.25) is 0 Å². The zero-order chi connectivity index (χ0) is 16.8. The Morgan fingerprint density at radius 2 is 1.65 bits per heavy atom. The molecule has 0 saturated carbocycles. The van der Waals surface area contributed by atoms with E-state index in [-0.39, 0.29) is 11.9 Å². The number of amides is 1. The van der Waals surface area contributed by atoms with Crippen molar-refractivity contribution in [2.24, 2.45) is 0 Å². The molecule has 0 saturated heterocycles. The molecule has 23 heavy (non-hydrogen) atoms. The molecule has 2 rings (SSSR count). The van der Waals surface area contributed by atoms with Gasteiger partial charge in [0.1, 0.15) is 5.75 Å². The highest BCUT2D eigenvalue weighted by Gasteiger charge is 2.22. The molecule has 4 heteroatoms. The van der Waals surface area contributed by atoms with Gasteiger partial charge in [-0.15, -0.1) is 0 Å². The number of carbonyl (C=O) groups is 1. The van der Waals surface area contributed by atoms with E-state index < -0.39 is 6.29 Å². The molecular weight excluding hydrogens is 290 g/mol. The molecule has 0 aliphatic heterocycles. The fourth-order valence-corrected chi connectivity index (χ4v) is 2.44. The van der Waals surface area contributed by atoms with Crippen molar-refractivity contribution < 1.29 is 14.3 Å². The number of rotatable bonds is 6. The van der Waals surface area contributed by atoms with E-state index >= 15 is 0 Å². The third kappa shape index (κ3) is 4.83. The number of aryl methyl sites for hydroxylation is 2. The summed E-state index contributed by atoms with van der Waals surface area (Å²) in [5.41, 5.74) is 3.18. The van der Waals surface area contributed by atoms with Gasteiger partial charge in [0.2, 0.25) is 0 Å². The molecule has 1 amide bonds. The first kappa shape index (κ1) is 17.0. The van der Waals surface area contributed by atoms with Gasteiger partial charge in [0.05, 0.1) is 6.04 Å². The van der Waals surface area contributed by atoms with Crippen molar-refractivity contribution in [3.8, 4) is 5.75 Å². The quantitative estimate of drug-likeness (QED) is 0.830. The van der Waals surface area contributed by atoms with E-state index in [1.807, 2.05) is 69.3 Å². The second-order valence-corrected chi connectivity index (χ2v) is 5.65. The van der Waals surface area contributed by atoms with Crippen LogP contribution in [0, 0.1) is 13.8 Å². The summed E-state index contributed by atoms with van der Waals surface area (Å²) in [6.07, 6.45) is -0.984. The number of hydrogen-bond acceptors (Lipinski definition) is 3. The van der Waals surface area contributed by atoms with Crippen LogP contribution in [0.4, 0.5) is 0 Å². The van der Waals surface area contributed by atoms with E-state index in [2.05, 4.69) is 5.32 Å². The van der Waals surface area contributed by atoms with E-state index in [0.717, 1.165) is 16.7 Å². The molecule has 4 nitrogen and oxygen atoms in total. The summed E-state index contributed by atoms with van der Waals surface area (Å²) in [4.78, 5) is 12.4. The minimum atomic E-state index is -0.984. The molecular formula is C19H23NO3. The monoisotopic (exact) mass is 313 g/mol. The van der Waals surface area contributed by atoms with Gasteiger partial charge >= 0.3 is 0 Å². The van der Waals surface area contributed by atoms with Crippen LogP contribution in [0.1, 0.15) is 29.7 Å². The lowest BCUT2D eigenvalue weighted by Crippen LogP contribution is -2.40. The van der Waals surface area contributed by atoms with Gasteiger partial charge in [-0.1, -0.05) is 36.4 Å². The summed E-state index contributed by atoms with van der Waals surface area (Å²) in [6.45, 7) is 5.90. The van der Waals surface area contributed by atoms with Gasteiger partial charge in [0, 0.05) is 7.11 Å². The normalized spacial score (nSPS) is 13.2. The standard InChI is InChI=1S/C19H23NO3/c1-13-10-14(2)12-17(11-13)23-19(22-4)18(21)20-15(3)16-8-6-5-7-9-16/h5-12,15,19H,1-4H3,(H,20,21). The maximum Gasteiger partial charge on any atom is 0.290 e. The Hall–Kier alpha value is -2.33. The van der Waals surface area contributed by atoms with E-state index in [1.165, 1.54) is 7.11 Å². The molecule has 0 aromatic heterocycles. The minimum Gasteiger partial charge on any atom is -0.455 e. The van der Waals surface area contributed by atoms with Crippen LogP contribution in [0.15, 0.2) is 48.5 Å². The topological polar surface area (TPSA) is 47.6 Å². The fraction of sp³-hybridized carbons (Fsp3) is 0.316. The van der Waals surface area contributed by atoms with Crippen molar-refractivity contribution in [1.82, 2.24) is 5.32 Å². The zero-order valence-corrected chi connectivity index (χ0v) is 14.0. The third-order valence-electron chi connectivity index (χ3n) is 3.52. The Morgan fingerprint density at radius 1 is 1.04 bits per heavy atom. The maximum atomic E-state index is 12.4. The van der Waals surface area contributed by atoms with Crippen LogP contribution < -0.4 is 10.1 Å². The van der Waals surface area contributed by atoms with Crippen LogP contribution >= 0.6 is 0 Å². The molecule has 0 spiro atoms. The molecule has 0 aliphatic carbocycles. The Labute approximate surface area is 137 Å². The van der Waals surface area contributed by atoms with Crippen molar-refractivity contribution in [3.63, 3.8) is 0 Å². The van der Waals surface area contributed by atoms with Crippen molar-refractivity contribution in [3.05, 3.63) is 65.2 Å². The Morgan fingerprint density at radius 3 is 2.22 bits per heavy atom. The van der Waals surface area contributed by atoms with Gasteiger partial charge < -0.3 is 14.8 Å². The minimum absolute atomic E-state index is 0.121. The van der Waals surface area contributed by atoms with Crippen LogP contribution in [0.3, 0.4) is 0 Å². The Bertz CT molecular complexity index is 635. The number of carbonyl (C=O) groups excluding carboxylic acids is 1. The number of hydrogen-bond donors (Lipinski definition) is 1. The van der Waals surface area contributed by atoms with E-state index in [4.69, 9.17) is 9.47 Å². The van der Waals surface area contributed by atoms with Crippen molar-refractivity contribution in [2.75, 3.05) is 7.11 Å². The number of methoxy groups -OCH3 is 1. The van der Waals surface area contributed by atoms with Crippen LogP contribution in [-0.4, -0.2) is 19.3 Å². The highest BCUT2D eigenvalue weighted by molar-refractivity contribution is 5.80. The first-order chi connectivity index (χ1) is 11.0. The highest BCUT2D eigenvalue weighted by atomic mass is 16.7. The maximum absolute atomic E-state index is 12.4. The first-order valence-corrected chi connectivity index (χ1v) is 7.62. The number of nitrogens with one attached hydrogen (secondary N) is 1. The summed E-state index contributed by atoms with van der Waals surface area (Å²) in [6, 6.07) is 15.5. The SMILES string of the molecule is COC(Oc1cc(C)cc(C)c1)C(=O)NC(C)c1ccccc1. The molecule has 0 radical (unpaired) electrons. The molecule has 2 atom stereocenters. The molecule has 0 aliphatic rings. The van der Waals surface area contributed by atoms with Gasteiger partial charge in [-0.2, -0.15) is 0 Å². The van der Waals surface area contributed by atoms with Crippen LogP contribution in [0.5, 0.6) is 5.75 Å². The van der Waals surface area contributed by atoms with Gasteiger partial charge in [-0.25, -0.2) is 0 Å². The van der Waals surface area contributed by atoms with E-state index in [9.17, 15) is 4.79 Å². The smallest absolute Gasteiger partial charge is 0.290 e. The van der Waals surface area contributed by atoms with E-state index in [0.29, 0.717) is 5.75 Å². The Kier molecular flexibility index (Phi) is 5.77. The van der Waals surface area contributed by atoms with Gasteiger partial charge in [0.15, 0.2) is 0 Å². The van der Waals surface area contributed by atoms with E-state index in [1.54, 1.807) is 0 Å².